The summed E-state index contributed by atoms with van der Waals surface area (Å²) in [4.78, 5) is 2.52. The molecule has 2 aliphatic heterocycles. The van der Waals surface area contributed by atoms with Gasteiger partial charge in [0.05, 0.1) is 13.2 Å². The normalized spacial score (nSPS) is 32.9. The van der Waals surface area contributed by atoms with E-state index in [1.807, 2.05) is 0 Å². The highest BCUT2D eigenvalue weighted by atomic mass is 16.6. The summed E-state index contributed by atoms with van der Waals surface area (Å²) in [5, 5.41) is 0. The van der Waals surface area contributed by atoms with Crippen molar-refractivity contribution in [1.82, 2.24) is 4.90 Å². The Balaban J connectivity index is 1.77. The molecule has 2 heteroatoms. The maximum Gasteiger partial charge on any atom is 0.104 e. The van der Waals surface area contributed by atoms with Crippen LogP contribution in [0.4, 0.5) is 0 Å². The van der Waals surface area contributed by atoms with Crippen molar-refractivity contribution in [2.75, 3.05) is 19.7 Å². The number of rotatable bonds is 5. The molecule has 2 heterocycles. The van der Waals surface area contributed by atoms with E-state index in [2.05, 4.69) is 37.5 Å². The number of unbranched alkanes of at least 4 members (excludes halogenated alkanes) is 1. The summed E-state index contributed by atoms with van der Waals surface area (Å²) >= 11 is 0. The van der Waals surface area contributed by atoms with Gasteiger partial charge < -0.3 is 4.74 Å². The quantitative estimate of drug-likeness (QED) is 0.550. The van der Waals surface area contributed by atoms with E-state index in [1.54, 1.807) is 0 Å². The van der Waals surface area contributed by atoms with Gasteiger partial charge in [-0.2, -0.15) is 0 Å². The average molecular weight is 249 g/mol. The molecular formula is C16H27NO. The highest BCUT2D eigenvalue weighted by Crippen LogP contribution is 2.38. The Labute approximate surface area is 112 Å². The SMILES string of the molecule is CCCC[C@@H](C)C#CCN1CCC[C@H]1[C@]1(C)CO1. The minimum Gasteiger partial charge on any atom is -0.368 e. The molecule has 0 unspecified atom stereocenters. The standard InChI is InChI=1S/C16H27NO/c1-4-5-8-14(2)9-6-11-17-12-7-10-15(17)16(3)13-18-16/h14-15H,4-5,7-8,10-13H2,1-3H3/t14-,15+,16+/m1/s1. The highest BCUT2D eigenvalue weighted by Gasteiger charge is 2.50. The smallest absolute Gasteiger partial charge is 0.104 e. The number of ether oxygens (including phenoxy) is 1. The Morgan fingerprint density at radius 3 is 2.94 bits per heavy atom. The summed E-state index contributed by atoms with van der Waals surface area (Å²) < 4.78 is 5.60. The summed E-state index contributed by atoms with van der Waals surface area (Å²) in [6.45, 7) is 9.80. The Morgan fingerprint density at radius 2 is 2.28 bits per heavy atom. The van der Waals surface area contributed by atoms with Gasteiger partial charge in [-0.3, -0.25) is 4.90 Å². The van der Waals surface area contributed by atoms with Crippen molar-refractivity contribution >= 4 is 0 Å². The predicted molar refractivity (Wildman–Crippen MR) is 75.4 cm³/mol. The van der Waals surface area contributed by atoms with Gasteiger partial charge in [0.1, 0.15) is 5.60 Å². The van der Waals surface area contributed by atoms with E-state index >= 15 is 0 Å². The Bertz CT molecular complexity index is 324. The van der Waals surface area contributed by atoms with E-state index in [0.717, 1.165) is 13.2 Å². The molecule has 3 atom stereocenters. The molecule has 0 amide bonds. The summed E-state index contributed by atoms with van der Waals surface area (Å²) in [6, 6.07) is 0.609. The zero-order chi connectivity index (χ0) is 13.0. The lowest BCUT2D eigenvalue weighted by molar-refractivity contribution is 0.168. The first-order valence-corrected chi connectivity index (χ1v) is 7.52. The van der Waals surface area contributed by atoms with Crippen LogP contribution in [0.25, 0.3) is 0 Å². The molecule has 0 aliphatic carbocycles. The fourth-order valence-electron chi connectivity index (χ4n) is 2.92. The molecule has 0 radical (unpaired) electrons. The van der Waals surface area contributed by atoms with Crippen LogP contribution < -0.4 is 0 Å². The minimum absolute atomic E-state index is 0.145. The molecule has 2 saturated heterocycles. The molecule has 0 aromatic carbocycles. The van der Waals surface area contributed by atoms with Crippen molar-refractivity contribution in [2.45, 2.75) is 64.5 Å². The lowest BCUT2D eigenvalue weighted by Crippen LogP contribution is -2.40. The van der Waals surface area contributed by atoms with Crippen molar-refractivity contribution in [3.8, 4) is 11.8 Å². The monoisotopic (exact) mass is 249 g/mol. The number of hydrogen-bond acceptors (Lipinski definition) is 2. The second-order valence-electron chi connectivity index (χ2n) is 6.09. The molecule has 2 aliphatic rings. The first-order chi connectivity index (χ1) is 8.65. The summed E-state index contributed by atoms with van der Waals surface area (Å²) in [5.74, 6) is 7.34. The van der Waals surface area contributed by atoms with Crippen LogP contribution in [0.5, 0.6) is 0 Å². The summed E-state index contributed by atoms with van der Waals surface area (Å²) in [7, 11) is 0. The zero-order valence-corrected chi connectivity index (χ0v) is 12.2. The Hall–Kier alpha value is -0.520. The van der Waals surface area contributed by atoms with Gasteiger partial charge in [-0.05, 0) is 32.7 Å². The third kappa shape index (κ3) is 3.49. The van der Waals surface area contributed by atoms with E-state index in [-0.39, 0.29) is 5.60 Å². The van der Waals surface area contributed by atoms with Gasteiger partial charge in [0.15, 0.2) is 0 Å². The lowest BCUT2D eigenvalue weighted by Gasteiger charge is -2.25. The molecule has 0 aromatic rings. The first-order valence-electron chi connectivity index (χ1n) is 7.52. The molecule has 0 N–H and O–H groups in total. The largest absolute Gasteiger partial charge is 0.368 e. The maximum absolute atomic E-state index is 5.60. The van der Waals surface area contributed by atoms with E-state index in [4.69, 9.17) is 4.74 Å². The predicted octanol–water partition coefficient (Wildman–Crippen LogP) is 3.07. The second-order valence-corrected chi connectivity index (χ2v) is 6.09. The van der Waals surface area contributed by atoms with Gasteiger partial charge in [0.25, 0.3) is 0 Å². The van der Waals surface area contributed by atoms with Crippen molar-refractivity contribution in [1.29, 1.82) is 0 Å². The van der Waals surface area contributed by atoms with Gasteiger partial charge >= 0.3 is 0 Å². The number of hydrogen-bond donors (Lipinski definition) is 0. The second kappa shape index (κ2) is 6.08. The lowest BCUT2D eigenvalue weighted by atomic mass is 10.0. The van der Waals surface area contributed by atoms with Crippen LogP contribution in [0.1, 0.15) is 52.9 Å². The fraction of sp³-hybridized carbons (Fsp3) is 0.875. The van der Waals surface area contributed by atoms with Crippen molar-refractivity contribution < 1.29 is 4.74 Å². The van der Waals surface area contributed by atoms with Crippen molar-refractivity contribution in [2.24, 2.45) is 5.92 Å². The molecule has 0 aromatic heterocycles. The number of likely N-dealkylation sites (tertiary alicyclic amines) is 1. The molecule has 102 valence electrons. The van der Waals surface area contributed by atoms with Crippen molar-refractivity contribution in [3.05, 3.63) is 0 Å². The van der Waals surface area contributed by atoms with Gasteiger partial charge in [-0.1, -0.05) is 38.5 Å². The number of epoxide rings is 1. The van der Waals surface area contributed by atoms with Crippen LogP contribution in [-0.2, 0) is 4.74 Å². The van der Waals surface area contributed by atoms with Crippen molar-refractivity contribution in [3.63, 3.8) is 0 Å². The maximum atomic E-state index is 5.60. The molecule has 2 rings (SSSR count). The summed E-state index contributed by atoms with van der Waals surface area (Å²) in [6.07, 6.45) is 6.40. The molecule has 2 nitrogen and oxygen atoms in total. The van der Waals surface area contributed by atoms with Crippen LogP contribution in [0.15, 0.2) is 0 Å². The van der Waals surface area contributed by atoms with E-state index in [0.29, 0.717) is 12.0 Å². The topological polar surface area (TPSA) is 15.8 Å². The molecular weight excluding hydrogens is 222 g/mol. The van der Waals surface area contributed by atoms with Crippen LogP contribution in [-0.4, -0.2) is 36.2 Å². The molecule has 0 spiro atoms. The fourth-order valence-corrected chi connectivity index (χ4v) is 2.92. The Morgan fingerprint density at radius 1 is 1.50 bits per heavy atom. The van der Waals surface area contributed by atoms with Gasteiger partial charge in [-0.25, -0.2) is 0 Å². The minimum atomic E-state index is 0.145. The highest BCUT2D eigenvalue weighted by molar-refractivity contribution is 5.09. The number of nitrogens with zero attached hydrogens (tertiary/aromatic N) is 1. The van der Waals surface area contributed by atoms with E-state index < -0.39 is 0 Å². The zero-order valence-electron chi connectivity index (χ0n) is 12.2. The van der Waals surface area contributed by atoms with Gasteiger partial charge in [0.2, 0.25) is 0 Å². The molecule has 18 heavy (non-hydrogen) atoms. The van der Waals surface area contributed by atoms with Crippen LogP contribution in [0, 0.1) is 17.8 Å². The van der Waals surface area contributed by atoms with Gasteiger partial charge in [0, 0.05) is 12.0 Å². The van der Waals surface area contributed by atoms with Gasteiger partial charge in [-0.15, -0.1) is 0 Å². The third-order valence-electron chi connectivity index (χ3n) is 4.29. The van der Waals surface area contributed by atoms with E-state index in [9.17, 15) is 0 Å². The molecule has 0 bridgehead atoms. The van der Waals surface area contributed by atoms with Crippen LogP contribution >= 0.6 is 0 Å². The summed E-state index contributed by atoms with van der Waals surface area (Å²) in [5.41, 5.74) is 0.145. The van der Waals surface area contributed by atoms with Crippen LogP contribution in [0.2, 0.25) is 0 Å². The molecule has 0 saturated carbocycles. The molecule has 2 fully saturated rings. The van der Waals surface area contributed by atoms with E-state index in [1.165, 1.54) is 38.6 Å². The average Bonchev–Trinajstić information content (AvgIpc) is 2.92. The third-order valence-corrected chi connectivity index (χ3v) is 4.29. The Kier molecular flexibility index (Phi) is 4.70. The van der Waals surface area contributed by atoms with Crippen LogP contribution in [0.3, 0.4) is 0 Å². The first kappa shape index (κ1) is 13.9.